The Kier molecular flexibility index (Phi) is 3.98. The lowest BCUT2D eigenvalue weighted by Gasteiger charge is -2.07. The van der Waals surface area contributed by atoms with E-state index in [0.29, 0.717) is 5.69 Å². The summed E-state index contributed by atoms with van der Waals surface area (Å²) in [6, 6.07) is 15.4. The van der Waals surface area contributed by atoms with Crippen molar-refractivity contribution in [2.45, 2.75) is 0 Å². The Morgan fingerprint density at radius 2 is 1.88 bits per heavy atom. The summed E-state index contributed by atoms with van der Waals surface area (Å²) >= 11 is 0. The number of hydrogen-bond acceptors (Lipinski definition) is 4. The highest BCUT2D eigenvalue weighted by atomic mass is 19.1. The summed E-state index contributed by atoms with van der Waals surface area (Å²) in [4.78, 5) is 16.1. The first-order chi connectivity index (χ1) is 12.7. The van der Waals surface area contributed by atoms with Crippen LogP contribution in [-0.4, -0.2) is 30.5 Å². The van der Waals surface area contributed by atoms with Crippen molar-refractivity contribution in [2.24, 2.45) is 0 Å². The molecule has 1 amide bonds. The van der Waals surface area contributed by atoms with Gasteiger partial charge >= 0.3 is 0 Å². The molecule has 0 radical (unpaired) electrons. The lowest BCUT2D eigenvalue weighted by molar-refractivity contribution is 0.102. The molecule has 0 fully saturated rings. The van der Waals surface area contributed by atoms with E-state index in [1.807, 2.05) is 30.3 Å². The van der Waals surface area contributed by atoms with Crippen molar-refractivity contribution < 1.29 is 9.18 Å². The largest absolute Gasteiger partial charge is 0.320 e. The number of rotatable bonds is 4. The maximum absolute atomic E-state index is 14.2. The van der Waals surface area contributed by atoms with Crippen molar-refractivity contribution in [3.05, 3.63) is 85.0 Å². The molecule has 0 aliphatic carbocycles. The molecule has 0 aliphatic heterocycles. The molecule has 2 aromatic heterocycles. The highest BCUT2D eigenvalue weighted by Crippen LogP contribution is 2.18. The number of benzene rings is 2. The van der Waals surface area contributed by atoms with E-state index in [1.165, 1.54) is 29.5 Å². The Morgan fingerprint density at radius 1 is 1.04 bits per heavy atom. The summed E-state index contributed by atoms with van der Waals surface area (Å²) in [5, 5.41) is 10.8. The van der Waals surface area contributed by atoms with Crippen LogP contribution < -0.4 is 5.32 Å². The van der Waals surface area contributed by atoms with Gasteiger partial charge in [-0.1, -0.05) is 18.2 Å². The van der Waals surface area contributed by atoms with E-state index < -0.39 is 11.7 Å². The monoisotopic (exact) mass is 348 g/mol. The number of anilines is 1. The first-order valence-corrected chi connectivity index (χ1v) is 7.78. The number of carbonyl (C=O) groups is 1. The molecule has 2 aromatic carbocycles. The van der Waals surface area contributed by atoms with Crippen LogP contribution in [0.5, 0.6) is 0 Å². The standard InChI is InChI=1S/C18H13FN6O/c19-15-10-13(6-7-17(15)25-12-20-11-21-25)22-18(26)16-8-9-24(23-16)14-4-2-1-3-5-14/h1-12H,(H,22,26). The van der Waals surface area contributed by atoms with Gasteiger partial charge in [0, 0.05) is 11.9 Å². The van der Waals surface area contributed by atoms with Crippen molar-refractivity contribution in [1.29, 1.82) is 0 Å². The van der Waals surface area contributed by atoms with E-state index in [2.05, 4.69) is 20.5 Å². The van der Waals surface area contributed by atoms with E-state index in [1.54, 1.807) is 23.0 Å². The SMILES string of the molecule is O=C(Nc1ccc(-n2cncn2)c(F)c1)c1ccn(-c2ccccc2)n1. The predicted molar refractivity (Wildman–Crippen MR) is 92.8 cm³/mol. The lowest BCUT2D eigenvalue weighted by Crippen LogP contribution is -2.13. The van der Waals surface area contributed by atoms with Crippen LogP contribution in [0.25, 0.3) is 11.4 Å². The molecule has 0 spiro atoms. The zero-order chi connectivity index (χ0) is 17.9. The van der Waals surface area contributed by atoms with Gasteiger partial charge < -0.3 is 5.32 Å². The number of carbonyl (C=O) groups excluding carboxylic acids is 1. The van der Waals surface area contributed by atoms with Gasteiger partial charge in [-0.2, -0.15) is 10.2 Å². The molecule has 128 valence electrons. The van der Waals surface area contributed by atoms with Gasteiger partial charge in [0.1, 0.15) is 18.3 Å². The average Bonchev–Trinajstić information content (AvgIpc) is 3.35. The average molecular weight is 348 g/mol. The van der Waals surface area contributed by atoms with Crippen molar-refractivity contribution >= 4 is 11.6 Å². The molecule has 0 aliphatic rings. The number of amides is 1. The van der Waals surface area contributed by atoms with Crippen LogP contribution in [0.2, 0.25) is 0 Å². The zero-order valence-electron chi connectivity index (χ0n) is 13.5. The molecule has 7 nitrogen and oxygen atoms in total. The summed E-state index contributed by atoms with van der Waals surface area (Å²) in [6.45, 7) is 0. The molecular formula is C18H13FN6O. The van der Waals surface area contributed by atoms with Gasteiger partial charge in [0.15, 0.2) is 11.5 Å². The molecule has 0 saturated heterocycles. The molecule has 0 saturated carbocycles. The molecule has 4 rings (SSSR count). The lowest BCUT2D eigenvalue weighted by atomic mass is 10.2. The fourth-order valence-electron chi connectivity index (χ4n) is 2.47. The molecule has 4 aromatic rings. The van der Waals surface area contributed by atoms with Crippen LogP contribution in [0.15, 0.2) is 73.4 Å². The van der Waals surface area contributed by atoms with E-state index in [-0.39, 0.29) is 11.4 Å². The van der Waals surface area contributed by atoms with Crippen molar-refractivity contribution in [3.8, 4) is 11.4 Å². The van der Waals surface area contributed by atoms with E-state index in [9.17, 15) is 9.18 Å². The zero-order valence-corrected chi connectivity index (χ0v) is 13.5. The number of para-hydroxylation sites is 1. The Morgan fingerprint density at radius 3 is 2.62 bits per heavy atom. The van der Waals surface area contributed by atoms with Gasteiger partial charge in [0.05, 0.1) is 5.69 Å². The van der Waals surface area contributed by atoms with Crippen molar-refractivity contribution in [3.63, 3.8) is 0 Å². The molecule has 8 heteroatoms. The number of nitrogens with one attached hydrogen (secondary N) is 1. The third-order valence-electron chi connectivity index (χ3n) is 3.71. The highest BCUT2D eigenvalue weighted by molar-refractivity contribution is 6.02. The number of nitrogens with zero attached hydrogens (tertiary/aromatic N) is 5. The van der Waals surface area contributed by atoms with Crippen LogP contribution in [0.3, 0.4) is 0 Å². The normalized spacial score (nSPS) is 10.7. The second-order valence-corrected chi connectivity index (χ2v) is 5.44. The summed E-state index contributed by atoms with van der Waals surface area (Å²) in [5.74, 6) is -0.948. The number of aromatic nitrogens is 5. The van der Waals surface area contributed by atoms with Crippen LogP contribution in [-0.2, 0) is 0 Å². The fraction of sp³-hybridized carbons (Fsp3) is 0. The predicted octanol–water partition coefficient (Wildman–Crippen LogP) is 2.84. The maximum Gasteiger partial charge on any atom is 0.276 e. The molecule has 2 heterocycles. The molecule has 1 N–H and O–H groups in total. The summed E-state index contributed by atoms with van der Waals surface area (Å²) in [5.41, 5.74) is 1.64. The Bertz CT molecular complexity index is 1040. The molecular weight excluding hydrogens is 335 g/mol. The topological polar surface area (TPSA) is 77.6 Å². The van der Waals surface area contributed by atoms with Gasteiger partial charge in [-0.05, 0) is 36.4 Å². The van der Waals surface area contributed by atoms with E-state index in [0.717, 1.165) is 5.69 Å². The van der Waals surface area contributed by atoms with Gasteiger partial charge in [-0.15, -0.1) is 0 Å². The number of hydrogen-bond donors (Lipinski definition) is 1. The minimum Gasteiger partial charge on any atom is -0.320 e. The van der Waals surface area contributed by atoms with Gasteiger partial charge in [0.25, 0.3) is 5.91 Å². The quantitative estimate of drug-likeness (QED) is 0.615. The Balaban J connectivity index is 1.52. The smallest absolute Gasteiger partial charge is 0.276 e. The van der Waals surface area contributed by atoms with Crippen LogP contribution >= 0.6 is 0 Å². The Hall–Kier alpha value is -3.81. The van der Waals surface area contributed by atoms with Gasteiger partial charge in [-0.25, -0.2) is 18.7 Å². The molecule has 0 unspecified atom stereocenters. The first-order valence-electron chi connectivity index (χ1n) is 7.78. The van der Waals surface area contributed by atoms with Crippen LogP contribution in [0, 0.1) is 5.82 Å². The molecule has 0 bridgehead atoms. The highest BCUT2D eigenvalue weighted by Gasteiger charge is 2.12. The van der Waals surface area contributed by atoms with E-state index in [4.69, 9.17) is 0 Å². The number of halogens is 1. The maximum atomic E-state index is 14.2. The first kappa shape index (κ1) is 15.7. The Labute approximate surface area is 147 Å². The summed E-state index contributed by atoms with van der Waals surface area (Å²) < 4.78 is 17.1. The third kappa shape index (κ3) is 3.07. The van der Waals surface area contributed by atoms with Crippen molar-refractivity contribution in [2.75, 3.05) is 5.32 Å². The van der Waals surface area contributed by atoms with Crippen LogP contribution in [0.1, 0.15) is 10.5 Å². The van der Waals surface area contributed by atoms with Crippen molar-refractivity contribution in [1.82, 2.24) is 24.5 Å². The minimum absolute atomic E-state index is 0.231. The fourth-order valence-corrected chi connectivity index (χ4v) is 2.47. The van der Waals surface area contributed by atoms with Gasteiger partial charge in [-0.3, -0.25) is 4.79 Å². The molecule has 26 heavy (non-hydrogen) atoms. The van der Waals surface area contributed by atoms with E-state index >= 15 is 0 Å². The summed E-state index contributed by atoms with van der Waals surface area (Å²) in [7, 11) is 0. The van der Waals surface area contributed by atoms with Crippen LogP contribution in [0.4, 0.5) is 10.1 Å². The second-order valence-electron chi connectivity index (χ2n) is 5.44. The molecule has 0 atom stereocenters. The van der Waals surface area contributed by atoms with Gasteiger partial charge in [0.2, 0.25) is 0 Å². The second kappa shape index (κ2) is 6.60. The minimum atomic E-state index is -0.525. The summed E-state index contributed by atoms with van der Waals surface area (Å²) in [6.07, 6.45) is 4.41. The third-order valence-corrected chi connectivity index (χ3v) is 3.71.